The number of carbonyl (C=O) groups excluding carboxylic acids is 3. The predicted octanol–water partition coefficient (Wildman–Crippen LogP) is 1.58. The Morgan fingerprint density at radius 1 is 1.08 bits per heavy atom. The van der Waals surface area contributed by atoms with Gasteiger partial charge in [0.2, 0.25) is 0 Å². The smallest absolute Gasteiger partial charge is 0.303 e. The van der Waals surface area contributed by atoms with Crippen molar-refractivity contribution in [2.75, 3.05) is 18.1 Å². The summed E-state index contributed by atoms with van der Waals surface area (Å²) in [4.78, 5) is 33.7. The Labute approximate surface area is 151 Å². The molecular weight excluding hydrogens is 356 g/mol. The standard InChI is InChI=1S/C15H24O7S2/c1-9(16)19-8-14-12(20-10(2)17)7-13(21-11(3)18)15(22-14)24-6-4-5-23/h12-15,23H,4-8H2,1-3H3. The Bertz CT molecular complexity index is 444. The molecule has 24 heavy (non-hydrogen) atoms. The summed E-state index contributed by atoms with van der Waals surface area (Å²) in [6, 6.07) is 0. The van der Waals surface area contributed by atoms with Gasteiger partial charge in [-0.2, -0.15) is 12.6 Å². The maximum Gasteiger partial charge on any atom is 0.303 e. The number of rotatable bonds is 8. The van der Waals surface area contributed by atoms with E-state index in [0.29, 0.717) is 6.42 Å². The molecule has 0 amide bonds. The highest BCUT2D eigenvalue weighted by molar-refractivity contribution is 7.99. The van der Waals surface area contributed by atoms with Crippen LogP contribution in [0.5, 0.6) is 0 Å². The molecule has 138 valence electrons. The predicted molar refractivity (Wildman–Crippen MR) is 91.9 cm³/mol. The molecule has 9 heteroatoms. The van der Waals surface area contributed by atoms with Crippen LogP contribution in [0.15, 0.2) is 0 Å². The average molecular weight is 380 g/mol. The van der Waals surface area contributed by atoms with Crippen molar-refractivity contribution in [1.29, 1.82) is 0 Å². The molecule has 0 N–H and O–H groups in total. The number of carbonyl (C=O) groups is 3. The highest BCUT2D eigenvalue weighted by Crippen LogP contribution is 2.32. The van der Waals surface area contributed by atoms with Gasteiger partial charge in [0.15, 0.2) is 0 Å². The van der Waals surface area contributed by atoms with Crippen LogP contribution in [0.4, 0.5) is 0 Å². The molecule has 1 aliphatic heterocycles. The van der Waals surface area contributed by atoms with Crippen molar-refractivity contribution in [1.82, 2.24) is 0 Å². The summed E-state index contributed by atoms with van der Waals surface area (Å²) in [5.41, 5.74) is -0.416. The zero-order valence-electron chi connectivity index (χ0n) is 14.1. The minimum Gasteiger partial charge on any atom is -0.463 e. The van der Waals surface area contributed by atoms with Crippen LogP contribution in [0.3, 0.4) is 0 Å². The molecule has 0 bridgehead atoms. The van der Waals surface area contributed by atoms with E-state index in [1.165, 1.54) is 32.5 Å². The third-order valence-corrected chi connectivity index (χ3v) is 4.75. The van der Waals surface area contributed by atoms with Crippen molar-refractivity contribution in [2.24, 2.45) is 0 Å². The van der Waals surface area contributed by atoms with Crippen LogP contribution >= 0.6 is 24.4 Å². The van der Waals surface area contributed by atoms with Gasteiger partial charge in [0, 0.05) is 27.2 Å². The maximum atomic E-state index is 11.3. The van der Waals surface area contributed by atoms with E-state index in [4.69, 9.17) is 18.9 Å². The summed E-state index contributed by atoms with van der Waals surface area (Å²) >= 11 is 5.67. The third kappa shape index (κ3) is 7.76. The van der Waals surface area contributed by atoms with Crippen LogP contribution < -0.4 is 0 Å². The molecule has 0 saturated carbocycles. The summed E-state index contributed by atoms with van der Waals surface area (Å²) in [6.07, 6.45) is -0.608. The number of hydrogen-bond acceptors (Lipinski definition) is 9. The highest BCUT2D eigenvalue weighted by Gasteiger charge is 2.42. The van der Waals surface area contributed by atoms with E-state index in [2.05, 4.69) is 12.6 Å². The summed E-state index contributed by atoms with van der Waals surface area (Å²) in [7, 11) is 0. The molecule has 0 aliphatic carbocycles. The van der Waals surface area contributed by atoms with Crippen molar-refractivity contribution in [3.05, 3.63) is 0 Å². The number of thioether (sulfide) groups is 1. The molecule has 4 unspecified atom stereocenters. The van der Waals surface area contributed by atoms with Crippen LogP contribution in [0.2, 0.25) is 0 Å². The highest BCUT2D eigenvalue weighted by atomic mass is 32.2. The zero-order valence-corrected chi connectivity index (χ0v) is 15.8. The molecule has 1 fully saturated rings. The van der Waals surface area contributed by atoms with Gasteiger partial charge in [-0.3, -0.25) is 14.4 Å². The van der Waals surface area contributed by atoms with Crippen molar-refractivity contribution in [2.45, 2.75) is 57.4 Å². The van der Waals surface area contributed by atoms with Crippen LogP contribution in [-0.4, -0.2) is 59.8 Å². The molecule has 7 nitrogen and oxygen atoms in total. The molecule has 0 radical (unpaired) electrons. The number of ether oxygens (including phenoxy) is 4. The topological polar surface area (TPSA) is 88.1 Å². The largest absolute Gasteiger partial charge is 0.463 e. The Morgan fingerprint density at radius 3 is 2.25 bits per heavy atom. The normalized spacial score (nSPS) is 26.5. The molecule has 0 spiro atoms. The first-order chi connectivity index (χ1) is 11.3. The lowest BCUT2D eigenvalue weighted by molar-refractivity contribution is -0.195. The van der Waals surface area contributed by atoms with Crippen LogP contribution in [-0.2, 0) is 33.3 Å². The lowest BCUT2D eigenvalue weighted by Gasteiger charge is -2.39. The van der Waals surface area contributed by atoms with Crippen LogP contribution in [0, 0.1) is 0 Å². The molecule has 1 rings (SSSR count). The lowest BCUT2D eigenvalue weighted by atomic mass is 10.0. The summed E-state index contributed by atoms with van der Waals surface area (Å²) in [5, 5.41) is 0. The minimum atomic E-state index is -0.645. The Kier molecular flexibility index (Phi) is 9.53. The Morgan fingerprint density at radius 2 is 1.71 bits per heavy atom. The first-order valence-corrected chi connectivity index (χ1v) is 9.37. The summed E-state index contributed by atoms with van der Waals surface area (Å²) in [6.45, 7) is 3.88. The van der Waals surface area contributed by atoms with E-state index in [1.54, 1.807) is 0 Å². The van der Waals surface area contributed by atoms with Gasteiger partial charge in [-0.05, 0) is 17.9 Å². The van der Waals surface area contributed by atoms with E-state index >= 15 is 0 Å². The van der Waals surface area contributed by atoms with Crippen LogP contribution in [0.25, 0.3) is 0 Å². The summed E-state index contributed by atoms with van der Waals surface area (Å²) < 4.78 is 21.5. The maximum absolute atomic E-state index is 11.3. The van der Waals surface area contributed by atoms with Gasteiger partial charge in [-0.1, -0.05) is 0 Å². The first-order valence-electron chi connectivity index (χ1n) is 7.69. The van der Waals surface area contributed by atoms with Crippen molar-refractivity contribution >= 4 is 42.3 Å². The monoisotopic (exact) mass is 380 g/mol. The van der Waals surface area contributed by atoms with E-state index in [-0.39, 0.29) is 6.61 Å². The summed E-state index contributed by atoms with van der Waals surface area (Å²) in [5.74, 6) is 0.180. The molecule has 0 aromatic carbocycles. The van der Waals surface area contributed by atoms with E-state index in [9.17, 15) is 14.4 Å². The van der Waals surface area contributed by atoms with E-state index < -0.39 is 41.7 Å². The molecule has 0 aromatic rings. The zero-order chi connectivity index (χ0) is 18.1. The number of hydrogen-bond donors (Lipinski definition) is 1. The van der Waals surface area contributed by atoms with Gasteiger partial charge in [0.1, 0.15) is 30.4 Å². The van der Waals surface area contributed by atoms with Gasteiger partial charge >= 0.3 is 17.9 Å². The molecule has 1 heterocycles. The SMILES string of the molecule is CC(=O)OCC1OC(SCCCS)C(OC(C)=O)CC1OC(C)=O. The molecular formula is C15H24O7S2. The number of thiol groups is 1. The third-order valence-electron chi connectivity index (χ3n) is 3.16. The fourth-order valence-corrected chi connectivity index (χ4v) is 3.77. The second-order valence-electron chi connectivity index (χ2n) is 5.32. The Hall–Kier alpha value is -0.930. The Balaban J connectivity index is 2.81. The quantitative estimate of drug-likeness (QED) is 0.294. The van der Waals surface area contributed by atoms with Gasteiger partial charge in [0.05, 0.1) is 0 Å². The number of esters is 3. The minimum absolute atomic E-state index is 0.0241. The van der Waals surface area contributed by atoms with E-state index in [1.807, 2.05) is 0 Å². The van der Waals surface area contributed by atoms with Crippen LogP contribution in [0.1, 0.15) is 33.6 Å². The molecule has 0 aromatic heterocycles. The second-order valence-corrected chi connectivity index (χ2v) is 6.98. The van der Waals surface area contributed by atoms with Gasteiger partial charge < -0.3 is 18.9 Å². The molecule has 1 saturated heterocycles. The lowest BCUT2D eigenvalue weighted by Crippen LogP contribution is -2.51. The average Bonchev–Trinajstić information content (AvgIpc) is 2.46. The molecule has 1 aliphatic rings. The van der Waals surface area contributed by atoms with Gasteiger partial charge in [0.25, 0.3) is 0 Å². The van der Waals surface area contributed by atoms with E-state index in [0.717, 1.165) is 17.9 Å². The van der Waals surface area contributed by atoms with Crippen molar-refractivity contribution < 1.29 is 33.3 Å². The molecule has 4 atom stereocenters. The van der Waals surface area contributed by atoms with Gasteiger partial charge in [-0.25, -0.2) is 0 Å². The fraction of sp³-hybridized carbons (Fsp3) is 0.800. The first kappa shape index (κ1) is 21.1. The van der Waals surface area contributed by atoms with Crippen molar-refractivity contribution in [3.8, 4) is 0 Å². The second kappa shape index (κ2) is 10.8. The van der Waals surface area contributed by atoms with Crippen molar-refractivity contribution in [3.63, 3.8) is 0 Å². The fourth-order valence-electron chi connectivity index (χ4n) is 2.25. The van der Waals surface area contributed by atoms with Gasteiger partial charge in [-0.15, -0.1) is 11.8 Å².